The summed E-state index contributed by atoms with van der Waals surface area (Å²) in [6.07, 6.45) is 0.924. The lowest BCUT2D eigenvalue weighted by Gasteiger charge is -2.30. The number of hydrogen-bond donors (Lipinski definition) is 3. The number of rotatable bonds is 4. The molecule has 0 spiro atoms. The summed E-state index contributed by atoms with van der Waals surface area (Å²) >= 11 is 0. The number of carboxylic acid groups (broad SMARTS) is 1. The minimum atomic E-state index is -0.808. The normalized spacial score (nSPS) is 16.2. The highest BCUT2D eigenvalue weighted by molar-refractivity contribution is 5.84. The number of likely N-dealkylation sites (N-methyl/N-ethyl adjacent to an activating group) is 1. The topological polar surface area (TPSA) is 98.7 Å². The van der Waals surface area contributed by atoms with Crippen LogP contribution in [0.25, 0.3) is 0 Å². The van der Waals surface area contributed by atoms with Gasteiger partial charge in [-0.05, 0) is 19.8 Å². The molecular formula is C11H19N3O4. The van der Waals surface area contributed by atoms with Gasteiger partial charge in [0.1, 0.15) is 0 Å². The molecule has 1 heterocycles. The summed E-state index contributed by atoms with van der Waals surface area (Å²) in [5.74, 6) is -1.40. The second-order valence-corrected chi connectivity index (χ2v) is 4.21. The number of urea groups is 1. The lowest BCUT2D eigenvalue weighted by molar-refractivity contribution is -0.143. The van der Waals surface area contributed by atoms with E-state index in [1.807, 2.05) is 0 Å². The molecule has 0 saturated carbocycles. The van der Waals surface area contributed by atoms with E-state index < -0.39 is 5.97 Å². The van der Waals surface area contributed by atoms with E-state index in [0.717, 1.165) is 0 Å². The zero-order chi connectivity index (χ0) is 13.5. The van der Waals surface area contributed by atoms with E-state index in [9.17, 15) is 14.4 Å². The lowest BCUT2D eigenvalue weighted by Crippen LogP contribution is -2.47. The fraction of sp³-hybridized carbons (Fsp3) is 0.727. The highest BCUT2D eigenvalue weighted by atomic mass is 16.4. The maximum Gasteiger partial charge on any atom is 0.317 e. The SMILES string of the molecule is CCNC(=O)CNC(=O)N1CCC(C(=O)O)CC1. The average Bonchev–Trinajstić information content (AvgIpc) is 2.36. The zero-order valence-corrected chi connectivity index (χ0v) is 10.4. The maximum atomic E-state index is 11.7. The van der Waals surface area contributed by atoms with Crippen molar-refractivity contribution in [2.24, 2.45) is 5.92 Å². The Morgan fingerprint density at radius 3 is 2.33 bits per heavy atom. The van der Waals surface area contributed by atoms with Crippen molar-refractivity contribution in [2.45, 2.75) is 19.8 Å². The maximum absolute atomic E-state index is 11.7. The third-order valence-electron chi connectivity index (χ3n) is 2.91. The van der Waals surface area contributed by atoms with Crippen LogP contribution >= 0.6 is 0 Å². The largest absolute Gasteiger partial charge is 0.481 e. The standard InChI is InChI=1S/C11H19N3O4/c1-2-12-9(15)7-13-11(18)14-5-3-8(4-6-14)10(16)17/h8H,2-7H2,1H3,(H,12,15)(H,13,18)(H,16,17). The Balaban J connectivity index is 2.28. The molecule has 3 amide bonds. The third-order valence-corrected chi connectivity index (χ3v) is 2.91. The first-order valence-electron chi connectivity index (χ1n) is 6.06. The van der Waals surface area contributed by atoms with Crippen LogP contribution in [0.2, 0.25) is 0 Å². The third kappa shape index (κ3) is 4.23. The molecule has 0 aromatic rings. The van der Waals surface area contributed by atoms with Crippen molar-refractivity contribution >= 4 is 17.9 Å². The van der Waals surface area contributed by atoms with Gasteiger partial charge in [-0.2, -0.15) is 0 Å². The molecule has 0 aliphatic carbocycles. The monoisotopic (exact) mass is 257 g/mol. The van der Waals surface area contributed by atoms with Crippen LogP contribution in [0.4, 0.5) is 4.79 Å². The Bertz CT molecular complexity index is 324. The van der Waals surface area contributed by atoms with E-state index in [1.54, 1.807) is 11.8 Å². The summed E-state index contributed by atoms with van der Waals surface area (Å²) in [7, 11) is 0. The van der Waals surface area contributed by atoms with Gasteiger partial charge in [-0.15, -0.1) is 0 Å². The Hall–Kier alpha value is -1.79. The van der Waals surface area contributed by atoms with Gasteiger partial charge in [0.15, 0.2) is 0 Å². The van der Waals surface area contributed by atoms with Crippen molar-refractivity contribution < 1.29 is 19.5 Å². The summed E-state index contributed by atoms with van der Waals surface area (Å²) < 4.78 is 0. The number of aliphatic carboxylic acids is 1. The predicted molar refractivity (Wildman–Crippen MR) is 64.0 cm³/mol. The van der Waals surface area contributed by atoms with E-state index in [-0.39, 0.29) is 24.4 Å². The number of piperidine rings is 1. The van der Waals surface area contributed by atoms with Gasteiger partial charge in [0, 0.05) is 19.6 Å². The van der Waals surface area contributed by atoms with Crippen LogP contribution in [0.1, 0.15) is 19.8 Å². The fourth-order valence-corrected chi connectivity index (χ4v) is 1.86. The molecule has 0 aromatic carbocycles. The molecule has 18 heavy (non-hydrogen) atoms. The van der Waals surface area contributed by atoms with Crippen molar-refractivity contribution in [3.05, 3.63) is 0 Å². The molecule has 1 aliphatic rings. The Labute approximate surface area is 106 Å². The van der Waals surface area contributed by atoms with Crippen molar-refractivity contribution in [2.75, 3.05) is 26.2 Å². The Kier molecular flexibility index (Phi) is 5.41. The summed E-state index contributed by atoms with van der Waals surface area (Å²) in [6.45, 7) is 3.11. The highest BCUT2D eigenvalue weighted by Crippen LogP contribution is 2.16. The Morgan fingerprint density at radius 2 is 1.83 bits per heavy atom. The van der Waals surface area contributed by atoms with Crippen molar-refractivity contribution in [3.63, 3.8) is 0 Å². The lowest BCUT2D eigenvalue weighted by atomic mass is 9.97. The first kappa shape index (κ1) is 14.3. The van der Waals surface area contributed by atoms with Gasteiger partial charge in [0.2, 0.25) is 5.91 Å². The average molecular weight is 257 g/mol. The predicted octanol–water partition coefficient (Wildman–Crippen LogP) is -0.371. The molecule has 0 atom stereocenters. The van der Waals surface area contributed by atoms with Crippen molar-refractivity contribution in [1.82, 2.24) is 15.5 Å². The molecule has 0 bridgehead atoms. The van der Waals surface area contributed by atoms with Gasteiger partial charge >= 0.3 is 12.0 Å². The molecule has 3 N–H and O–H groups in total. The number of hydrogen-bond acceptors (Lipinski definition) is 3. The van der Waals surface area contributed by atoms with Gasteiger partial charge in [-0.1, -0.05) is 0 Å². The minimum Gasteiger partial charge on any atom is -0.481 e. The first-order chi connectivity index (χ1) is 8.54. The number of carbonyl (C=O) groups is 3. The van der Waals surface area contributed by atoms with Gasteiger partial charge in [-0.25, -0.2) is 4.79 Å². The van der Waals surface area contributed by atoms with Crippen molar-refractivity contribution in [1.29, 1.82) is 0 Å². The molecule has 1 saturated heterocycles. The van der Waals surface area contributed by atoms with Crippen LogP contribution in [-0.2, 0) is 9.59 Å². The van der Waals surface area contributed by atoms with E-state index in [0.29, 0.717) is 32.5 Å². The minimum absolute atomic E-state index is 0.0501. The van der Waals surface area contributed by atoms with Crippen molar-refractivity contribution in [3.8, 4) is 0 Å². The van der Waals surface area contributed by atoms with Gasteiger partial charge in [-0.3, -0.25) is 9.59 Å². The van der Waals surface area contributed by atoms with Gasteiger partial charge in [0.25, 0.3) is 0 Å². The number of amides is 3. The van der Waals surface area contributed by atoms with E-state index in [2.05, 4.69) is 10.6 Å². The molecule has 1 rings (SSSR count). The second-order valence-electron chi connectivity index (χ2n) is 4.21. The summed E-state index contributed by atoms with van der Waals surface area (Å²) in [5.41, 5.74) is 0. The molecule has 7 heteroatoms. The molecule has 102 valence electrons. The summed E-state index contributed by atoms with van der Waals surface area (Å²) in [4.78, 5) is 35.1. The summed E-state index contributed by atoms with van der Waals surface area (Å²) in [6, 6.07) is -0.315. The van der Waals surface area contributed by atoms with Gasteiger partial charge in [0.05, 0.1) is 12.5 Å². The Morgan fingerprint density at radius 1 is 1.22 bits per heavy atom. The van der Waals surface area contributed by atoms with Crippen LogP contribution < -0.4 is 10.6 Å². The molecule has 1 aliphatic heterocycles. The molecule has 0 radical (unpaired) electrons. The van der Waals surface area contributed by atoms with E-state index in [4.69, 9.17) is 5.11 Å². The van der Waals surface area contributed by atoms with Crippen LogP contribution in [0, 0.1) is 5.92 Å². The van der Waals surface area contributed by atoms with Crippen LogP contribution in [0.15, 0.2) is 0 Å². The van der Waals surface area contributed by atoms with Crippen LogP contribution in [0.3, 0.4) is 0 Å². The van der Waals surface area contributed by atoms with E-state index in [1.165, 1.54) is 0 Å². The van der Waals surface area contributed by atoms with Gasteiger partial charge < -0.3 is 20.6 Å². The smallest absolute Gasteiger partial charge is 0.317 e. The van der Waals surface area contributed by atoms with E-state index >= 15 is 0 Å². The molecular weight excluding hydrogens is 238 g/mol. The second kappa shape index (κ2) is 6.83. The molecule has 1 fully saturated rings. The molecule has 0 unspecified atom stereocenters. The summed E-state index contributed by atoms with van der Waals surface area (Å²) in [5, 5.41) is 13.9. The van der Waals surface area contributed by atoms with Crippen LogP contribution in [-0.4, -0.2) is 54.1 Å². The zero-order valence-electron chi connectivity index (χ0n) is 10.4. The molecule has 7 nitrogen and oxygen atoms in total. The molecule has 0 aromatic heterocycles. The quantitative estimate of drug-likeness (QED) is 0.640. The highest BCUT2D eigenvalue weighted by Gasteiger charge is 2.26. The number of nitrogens with zero attached hydrogens (tertiary/aromatic N) is 1. The van der Waals surface area contributed by atoms with Crippen LogP contribution in [0.5, 0.6) is 0 Å². The number of nitrogens with one attached hydrogen (secondary N) is 2. The first-order valence-corrected chi connectivity index (χ1v) is 6.06. The number of likely N-dealkylation sites (tertiary alicyclic amines) is 1. The number of carboxylic acids is 1. The fourth-order valence-electron chi connectivity index (χ4n) is 1.86. The number of carbonyl (C=O) groups excluding carboxylic acids is 2.